The molecule has 0 radical (unpaired) electrons. The maximum Gasteiger partial charge on any atom is 0.243 e. The second-order valence-electron chi connectivity index (χ2n) is 7.22. The van der Waals surface area contributed by atoms with Crippen LogP contribution in [0.15, 0.2) is 60.7 Å². The van der Waals surface area contributed by atoms with E-state index in [4.69, 9.17) is 0 Å². The van der Waals surface area contributed by atoms with Crippen molar-refractivity contribution in [2.75, 3.05) is 0 Å². The first-order valence-corrected chi connectivity index (χ1v) is 9.62. The van der Waals surface area contributed by atoms with E-state index < -0.39 is 12.1 Å². The summed E-state index contributed by atoms with van der Waals surface area (Å²) in [5.74, 6) is -0.607. The summed E-state index contributed by atoms with van der Waals surface area (Å²) in [5.41, 5.74) is 2.04. The lowest BCUT2D eigenvalue weighted by molar-refractivity contribution is -0.131. The van der Waals surface area contributed by atoms with Crippen molar-refractivity contribution in [3.8, 4) is 0 Å². The van der Waals surface area contributed by atoms with Crippen molar-refractivity contribution in [3.63, 3.8) is 0 Å². The molecule has 0 aliphatic heterocycles. The summed E-state index contributed by atoms with van der Waals surface area (Å²) in [5, 5.41) is 5.57. The molecule has 2 amide bonds. The number of carbonyl (C=O) groups is 3. The summed E-state index contributed by atoms with van der Waals surface area (Å²) in [6.45, 7) is 3.74. The Labute approximate surface area is 166 Å². The van der Waals surface area contributed by atoms with Crippen LogP contribution in [0, 0.1) is 5.92 Å². The molecule has 2 aromatic carbocycles. The average molecular weight is 380 g/mol. The maximum atomic E-state index is 12.7. The zero-order valence-electron chi connectivity index (χ0n) is 16.4. The van der Waals surface area contributed by atoms with Gasteiger partial charge in [0.25, 0.3) is 0 Å². The standard InChI is InChI=1S/C23H28N2O3/c1-17(2)22(25-21(27)14-13-18-9-5-3-6-10-18)23(28)24-20(16-26)15-19-11-7-4-8-12-19/h3-12,16-17,20,22H,13-15H2,1-2H3,(H,24,28)(H,25,27)/t20?,22-/m0/s1. The molecule has 148 valence electrons. The average Bonchev–Trinajstić information content (AvgIpc) is 2.71. The van der Waals surface area contributed by atoms with Gasteiger partial charge in [-0.15, -0.1) is 0 Å². The second kappa shape index (κ2) is 11.0. The van der Waals surface area contributed by atoms with Crippen molar-refractivity contribution in [3.05, 3.63) is 71.8 Å². The fourth-order valence-electron chi connectivity index (χ4n) is 2.96. The van der Waals surface area contributed by atoms with Gasteiger partial charge in [-0.25, -0.2) is 0 Å². The molecule has 2 atom stereocenters. The Morgan fingerprint density at radius 1 is 0.893 bits per heavy atom. The van der Waals surface area contributed by atoms with Crippen molar-refractivity contribution in [2.24, 2.45) is 5.92 Å². The Morgan fingerprint density at radius 3 is 2.00 bits per heavy atom. The van der Waals surface area contributed by atoms with Gasteiger partial charge in [0.1, 0.15) is 12.3 Å². The Kier molecular flexibility index (Phi) is 8.40. The molecule has 5 heteroatoms. The molecule has 1 unspecified atom stereocenters. The first-order chi connectivity index (χ1) is 13.5. The van der Waals surface area contributed by atoms with E-state index in [1.54, 1.807) is 0 Å². The van der Waals surface area contributed by atoms with E-state index in [-0.39, 0.29) is 17.7 Å². The quantitative estimate of drug-likeness (QED) is 0.622. The number of hydrogen-bond acceptors (Lipinski definition) is 3. The van der Waals surface area contributed by atoms with Gasteiger partial charge >= 0.3 is 0 Å². The molecule has 0 saturated carbocycles. The van der Waals surface area contributed by atoms with E-state index in [2.05, 4.69) is 10.6 Å². The number of benzene rings is 2. The van der Waals surface area contributed by atoms with E-state index in [0.717, 1.165) is 17.4 Å². The van der Waals surface area contributed by atoms with Crippen molar-refractivity contribution in [1.82, 2.24) is 10.6 Å². The molecule has 28 heavy (non-hydrogen) atoms. The van der Waals surface area contributed by atoms with Crippen LogP contribution in [0.5, 0.6) is 0 Å². The second-order valence-corrected chi connectivity index (χ2v) is 7.22. The van der Waals surface area contributed by atoms with E-state index in [0.29, 0.717) is 19.3 Å². The minimum absolute atomic E-state index is 0.0929. The van der Waals surface area contributed by atoms with Crippen molar-refractivity contribution < 1.29 is 14.4 Å². The molecule has 0 fully saturated rings. The highest BCUT2D eigenvalue weighted by Crippen LogP contribution is 2.07. The molecule has 2 aromatic rings. The van der Waals surface area contributed by atoms with Gasteiger partial charge in [-0.05, 0) is 29.9 Å². The normalized spacial score (nSPS) is 12.8. The number of amides is 2. The van der Waals surface area contributed by atoms with Gasteiger partial charge < -0.3 is 15.4 Å². The van der Waals surface area contributed by atoms with Crippen LogP contribution in [0.4, 0.5) is 0 Å². The molecule has 0 saturated heterocycles. The lowest BCUT2D eigenvalue weighted by Crippen LogP contribution is -2.52. The number of aryl methyl sites for hydroxylation is 1. The Bertz CT molecular complexity index is 760. The van der Waals surface area contributed by atoms with Crippen LogP contribution in [0.25, 0.3) is 0 Å². The third-order valence-corrected chi connectivity index (χ3v) is 4.54. The highest BCUT2D eigenvalue weighted by Gasteiger charge is 2.26. The van der Waals surface area contributed by atoms with E-state index in [1.165, 1.54) is 0 Å². The predicted octanol–water partition coefficient (Wildman–Crippen LogP) is 2.69. The summed E-state index contributed by atoms with van der Waals surface area (Å²) in [6, 6.07) is 17.9. The Morgan fingerprint density at radius 2 is 1.46 bits per heavy atom. The third kappa shape index (κ3) is 6.99. The molecular formula is C23H28N2O3. The van der Waals surface area contributed by atoms with Crippen LogP contribution in [0.1, 0.15) is 31.4 Å². The minimum atomic E-state index is -0.679. The largest absolute Gasteiger partial charge is 0.344 e. The monoisotopic (exact) mass is 380 g/mol. The van der Waals surface area contributed by atoms with Gasteiger partial charge in [0.15, 0.2) is 0 Å². The molecular weight excluding hydrogens is 352 g/mol. The molecule has 0 bridgehead atoms. The van der Waals surface area contributed by atoms with E-state index in [1.807, 2.05) is 74.5 Å². The van der Waals surface area contributed by atoms with Crippen LogP contribution in [0.3, 0.4) is 0 Å². The first-order valence-electron chi connectivity index (χ1n) is 9.62. The molecule has 2 N–H and O–H groups in total. The third-order valence-electron chi connectivity index (χ3n) is 4.54. The van der Waals surface area contributed by atoms with Crippen LogP contribution in [-0.2, 0) is 27.2 Å². The summed E-state index contributed by atoms with van der Waals surface area (Å²) in [6.07, 6.45) is 2.08. The predicted molar refractivity (Wildman–Crippen MR) is 110 cm³/mol. The molecule has 0 spiro atoms. The highest BCUT2D eigenvalue weighted by atomic mass is 16.2. The fourth-order valence-corrected chi connectivity index (χ4v) is 2.96. The van der Waals surface area contributed by atoms with Crippen LogP contribution in [-0.4, -0.2) is 30.2 Å². The summed E-state index contributed by atoms with van der Waals surface area (Å²) in [7, 11) is 0. The molecule has 5 nitrogen and oxygen atoms in total. The van der Waals surface area contributed by atoms with Crippen LogP contribution >= 0.6 is 0 Å². The van der Waals surface area contributed by atoms with Crippen LogP contribution in [0.2, 0.25) is 0 Å². The fraction of sp³-hybridized carbons (Fsp3) is 0.348. The van der Waals surface area contributed by atoms with Crippen molar-refractivity contribution in [2.45, 2.75) is 45.2 Å². The van der Waals surface area contributed by atoms with E-state index >= 15 is 0 Å². The zero-order chi connectivity index (χ0) is 20.4. The molecule has 0 heterocycles. The molecule has 0 aliphatic rings. The summed E-state index contributed by atoms with van der Waals surface area (Å²) >= 11 is 0. The lowest BCUT2D eigenvalue weighted by atomic mass is 10.0. The van der Waals surface area contributed by atoms with Crippen molar-refractivity contribution >= 4 is 18.1 Å². The maximum absolute atomic E-state index is 12.7. The molecule has 0 aliphatic carbocycles. The Balaban J connectivity index is 1.90. The van der Waals surface area contributed by atoms with Crippen LogP contribution < -0.4 is 10.6 Å². The summed E-state index contributed by atoms with van der Waals surface area (Å²) in [4.78, 5) is 36.4. The number of nitrogens with one attached hydrogen (secondary N) is 2. The number of rotatable bonds is 10. The topological polar surface area (TPSA) is 75.3 Å². The highest BCUT2D eigenvalue weighted by molar-refractivity contribution is 5.89. The van der Waals surface area contributed by atoms with Gasteiger partial charge in [-0.2, -0.15) is 0 Å². The zero-order valence-corrected chi connectivity index (χ0v) is 16.4. The molecule has 0 aromatic heterocycles. The van der Waals surface area contributed by atoms with Gasteiger partial charge in [0.2, 0.25) is 11.8 Å². The smallest absolute Gasteiger partial charge is 0.243 e. The van der Waals surface area contributed by atoms with E-state index in [9.17, 15) is 14.4 Å². The SMILES string of the molecule is CC(C)[C@H](NC(=O)CCc1ccccc1)C(=O)NC(C=O)Cc1ccccc1. The first kappa shape index (κ1) is 21.4. The Hall–Kier alpha value is -2.95. The van der Waals surface area contributed by atoms with Gasteiger partial charge in [-0.3, -0.25) is 9.59 Å². The summed E-state index contributed by atoms with van der Waals surface area (Å²) < 4.78 is 0. The number of carbonyl (C=O) groups excluding carboxylic acids is 3. The van der Waals surface area contributed by atoms with Crippen molar-refractivity contribution in [1.29, 1.82) is 0 Å². The van der Waals surface area contributed by atoms with Gasteiger partial charge in [0.05, 0.1) is 6.04 Å². The number of hydrogen-bond donors (Lipinski definition) is 2. The molecule has 2 rings (SSSR count). The minimum Gasteiger partial charge on any atom is -0.344 e. The van der Waals surface area contributed by atoms with Gasteiger partial charge in [0, 0.05) is 6.42 Å². The lowest BCUT2D eigenvalue weighted by Gasteiger charge is -2.23. The number of aldehydes is 1. The van der Waals surface area contributed by atoms with Gasteiger partial charge in [-0.1, -0.05) is 74.5 Å².